The minimum atomic E-state index is -3.82. The molecule has 4 heterocycles. The van der Waals surface area contributed by atoms with Crippen LogP contribution in [0.5, 0.6) is 0 Å². The Morgan fingerprint density at radius 2 is 1.77 bits per heavy atom. The summed E-state index contributed by atoms with van der Waals surface area (Å²) in [5.74, 6) is 0.582. The SMILES string of the molecule is CC(C)(C)c1nc2cc(S(=O)(=O)c3ccc(C4(C)OCCO4)cn3)ccc2n1CC1CCOCC1. The first-order valence-corrected chi connectivity index (χ1v) is 13.6. The van der Waals surface area contributed by atoms with Crippen LogP contribution in [0.3, 0.4) is 0 Å². The summed E-state index contributed by atoms with van der Waals surface area (Å²) in [6, 6.07) is 8.41. The Hall–Kier alpha value is -2.33. The zero-order valence-electron chi connectivity index (χ0n) is 20.8. The fourth-order valence-corrected chi connectivity index (χ4v) is 6.03. The summed E-state index contributed by atoms with van der Waals surface area (Å²) >= 11 is 0. The van der Waals surface area contributed by atoms with Crippen molar-refractivity contribution >= 4 is 20.9 Å². The molecular weight excluding hydrogens is 466 g/mol. The van der Waals surface area contributed by atoms with Gasteiger partial charge in [-0.1, -0.05) is 20.8 Å². The highest BCUT2D eigenvalue weighted by atomic mass is 32.2. The average Bonchev–Trinajstić information content (AvgIpc) is 3.44. The van der Waals surface area contributed by atoms with Crippen molar-refractivity contribution in [1.82, 2.24) is 14.5 Å². The number of hydrogen-bond acceptors (Lipinski definition) is 7. The van der Waals surface area contributed by atoms with Crippen LogP contribution in [0.4, 0.5) is 0 Å². The van der Waals surface area contributed by atoms with Crippen LogP contribution in [0.15, 0.2) is 46.5 Å². The van der Waals surface area contributed by atoms with Crippen LogP contribution in [0.1, 0.15) is 51.9 Å². The van der Waals surface area contributed by atoms with E-state index in [0.29, 0.717) is 30.2 Å². The van der Waals surface area contributed by atoms with Gasteiger partial charge in [0.05, 0.1) is 29.1 Å². The minimum absolute atomic E-state index is 0.0140. The molecule has 188 valence electrons. The van der Waals surface area contributed by atoms with Crippen LogP contribution in [-0.2, 0) is 41.8 Å². The first-order valence-electron chi connectivity index (χ1n) is 12.2. The first-order chi connectivity index (χ1) is 16.6. The maximum atomic E-state index is 13.4. The summed E-state index contributed by atoms with van der Waals surface area (Å²) in [5.41, 5.74) is 2.14. The monoisotopic (exact) mass is 499 g/mol. The molecule has 0 spiro atoms. The lowest BCUT2D eigenvalue weighted by Gasteiger charge is -2.26. The van der Waals surface area contributed by atoms with Gasteiger partial charge in [-0.25, -0.2) is 18.4 Å². The number of aromatic nitrogens is 3. The molecule has 0 atom stereocenters. The predicted octanol–water partition coefficient (Wildman–Crippen LogP) is 4.21. The van der Waals surface area contributed by atoms with Crippen LogP contribution in [0.25, 0.3) is 11.0 Å². The van der Waals surface area contributed by atoms with Gasteiger partial charge >= 0.3 is 0 Å². The lowest BCUT2D eigenvalue weighted by atomic mass is 9.94. The Bertz CT molecular complexity index is 1310. The molecule has 2 fully saturated rings. The second-order valence-electron chi connectivity index (χ2n) is 10.5. The molecule has 8 nitrogen and oxygen atoms in total. The third-order valence-electron chi connectivity index (χ3n) is 6.86. The van der Waals surface area contributed by atoms with Crippen molar-refractivity contribution in [2.24, 2.45) is 5.92 Å². The van der Waals surface area contributed by atoms with E-state index < -0.39 is 15.6 Å². The molecule has 2 saturated heterocycles. The summed E-state index contributed by atoms with van der Waals surface area (Å²) in [6.07, 6.45) is 3.55. The van der Waals surface area contributed by atoms with Crippen LogP contribution in [0.2, 0.25) is 0 Å². The van der Waals surface area contributed by atoms with Gasteiger partial charge in [0, 0.05) is 36.9 Å². The second-order valence-corrected chi connectivity index (χ2v) is 12.4. The Balaban J connectivity index is 1.50. The highest BCUT2D eigenvalue weighted by molar-refractivity contribution is 7.91. The molecule has 0 aliphatic carbocycles. The van der Waals surface area contributed by atoms with Crippen molar-refractivity contribution in [3.05, 3.63) is 47.9 Å². The molecule has 2 aliphatic rings. The minimum Gasteiger partial charge on any atom is -0.381 e. The molecule has 0 unspecified atom stereocenters. The highest BCUT2D eigenvalue weighted by Gasteiger charge is 2.34. The fourth-order valence-electron chi connectivity index (χ4n) is 4.83. The van der Waals surface area contributed by atoms with Crippen molar-refractivity contribution in [1.29, 1.82) is 0 Å². The molecule has 2 aromatic heterocycles. The average molecular weight is 500 g/mol. The van der Waals surface area contributed by atoms with Crippen molar-refractivity contribution in [2.75, 3.05) is 26.4 Å². The van der Waals surface area contributed by atoms with E-state index in [1.807, 2.05) is 13.0 Å². The van der Waals surface area contributed by atoms with Crippen molar-refractivity contribution < 1.29 is 22.6 Å². The Morgan fingerprint density at radius 3 is 2.40 bits per heavy atom. The Morgan fingerprint density at radius 1 is 1.06 bits per heavy atom. The lowest BCUT2D eigenvalue weighted by molar-refractivity contribution is -0.150. The van der Waals surface area contributed by atoms with E-state index in [1.165, 1.54) is 12.3 Å². The zero-order chi connectivity index (χ0) is 24.8. The predicted molar refractivity (Wildman–Crippen MR) is 131 cm³/mol. The number of rotatable bonds is 5. The summed E-state index contributed by atoms with van der Waals surface area (Å²) in [7, 11) is -3.82. The molecule has 0 N–H and O–H groups in total. The maximum Gasteiger partial charge on any atom is 0.223 e. The maximum absolute atomic E-state index is 13.4. The summed E-state index contributed by atoms with van der Waals surface area (Å²) in [6.45, 7) is 11.6. The molecule has 0 saturated carbocycles. The van der Waals surface area contributed by atoms with Gasteiger partial charge in [0.2, 0.25) is 9.84 Å². The standard InChI is InChI=1S/C26H33N3O5S/c1-25(2,3)24-28-21-15-20(6-7-22(21)29(24)17-18-9-11-32-12-10-18)35(30,31)23-8-5-19(16-27-23)26(4)33-13-14-34-26/h5-8,15-16,18H,9-14,17H2,1-4H3. The van der Waals surface area contributed by atoms with E-state index in [9.17, 15) is 8.42 Å². The lowest BCUT2D eigenvalue weighted by Crippen LogP contribution is -2.25. The quantitative estimate of drug-likeness (QED) is 0.519. The first kappa shape index (κ1) is 24.4. The molecule has 2 aliphatic heterocycles. The largest absolute Gasteiger partial charge is 0.381 e. The van der Waals surface area contributed by atoms with Crippen LogP contribution < -0.4 is 0 Å². The number of fused-ring (bicyclic) bond motifs is 1. The van der Waals surface area contributed by atoms with Gasteiger partial charge in [-0.05, 0) is 56.0 Å². The van der Waals surface area contributed by atoms with Crippen molar-refractivity contribution in [2.45, 2.75) is 68.2 Å². The topological polar surface area (TPSA) is 92.5 Å². The molecule has 35 heavy (non-hydrogen) atoms. The number of benzene rings is 1. The number of ether oxygens (including phenoxy) is 3. The summed E-state index contributed by atoms with van der Waals surface area (Å²) in [5, 5.41) is -0.0140. The number of nitrogens with zero attached hydrogens (tertiary/aromatic N) is 3. The van der Waals surface area contributed by atoms with Gasteiger partial charge < -0.3 is 18.8 Å². The fraction of sp³-hybridized carbons (Fsp3) is 0.538. The molecule has 5 rings (SSSR count). The Labute approximate surface area is 206 Å². The van der Waals surface area contributed by atoms with E-state index in [4.69, 9.17) is 19.2 Å². The van der Waals surface area contributed by atoms with Gasteiger partial charge in [-0.15, -0.1) is 0 Å². The number of sulfone groups is 1. The third kappa shape index (κ3) is 4.62. The molecule has 0 radical (unpaired) electrons. The van der Waals surface area contributed by atoms with E-state index in [2.05, 4.69) is 30.3 Å². The van der Waals surface area contributed by atoms with E-state index in [1.54, 1.807) is 18.2 Å². The molecule has 0 bridgehead atoms. The molecule has 0 amide bonds. The second kappa shape index (κ2) is 8.96. The normalized spacial score (nSPS) is 19.4. The summed E-state index contributed by atoms with van der Waals surface area (Å²) < 4.78 is 45.9. The van der Waals surface area contributed by atoms with E-state index in [-0.39, 0.29) is 15.3 Å². The van der Waals surface area contributed by atoms with Crippen LogP contribution in [-0.4, -0.2) is 49.4 Å². The number of imidazole rings is 1. The molecule has 3 aromatic rings. The molecular formula is C26H33N3O5S. The van der Waals surface area contributed by atoms with Gasteiger partial charge in [0.15, 0.2) is 10.8 Å². The molecule has 9 heteroatoms. The number of pyridine rings is 1. The van der Waals surface area contributed by atoms with Crippen molar-refractivity contribution in [3.8, 4) is 0 Å². The van der Waals surface area contributed by atoms with Gasteiger partial charge in [0.1, 0.15) is 5.82 Å². The number of hydrogen-bond donors (Lipinski definition) is 0. The summed E-state index contributed by atoms with van der Waals surface area (Å²) in [4.78, 5) is 9.34. The zero-order valence-corrected chi connectivity index (χ0v) is 21.6. The molecule has 1 aromatic carbocycles. The van der Waals surface area contributed by atoms with Gasteiger partial charge in [-0.2, -0.15) is 0 Å². The van der Waals surface area contributed by atoms with Crippen molar-refractivity contribution in [3.63, 3.8) is 0 Å². The highest BCUT2D eigenvalue weighted by Crippen LogP contribution is 2.33. The van der Waals surface area contributed by atoms with E-state index >= 15 is 0 Å². The van der Waals surface area contributed by atoms with Crippen LogP contribution in [0, 0.1) is 5.92 Å². The third-order valence-corrected chi connectivity index (χ3v) is 8.52. The van der Waals surface area contributed by atoms with Gasteiger partial charge in [0.25, 0.3) is 0 Å². The Kier molecular flexibility index (Phi) is 6.24. The van der Waals surface area contributed by atoms with Gasteiger partial charge in [-0.3, -0.25) is 0 Å². The van der Waals surface area contributed by atoms with E-state index in [0.717, 1.165) is 43.9 Å². The smallest absolute Gasteiger partial charge is 0.223 e. The van der Waals surface area contributed by atoms with Crippen LogP contribution >= 0.6 is 0 Å².